The Morgan fingerprint density at radius 2 is 1.53 bits per heavy atom. The second-order valence-corrected chi connectivity index (χ2v) is 9.84. The number of rotatable bonds is 4. The van der Waals surface area contributed by atoms with E-state index >= 15 is 0 Å². The van der Waals surface area contributed by atoms with E-state index in [1.807, 2.05) is 65.8 Å². The highest BCUT2D eigenvalue weighted by atomic mass is 16.6. The van der Waals surface area contributed by atoms with Crippen LogP contribution in [0.15, 0.2) is 36.5 Å². The van der Waals surface area contributed by atoms with E-state index in [-0.39, 0.29) is 6.04 Å². The van der Waals surface area contributed by atoms with Gasteiger partial charge in [0.2, 0.25) is 0 Å². The second-order valence-electron chi connectivity index (χ2n) is 9.84. The summed E-state index contributed by atoms with van der Waals surface area (Å²) in [5.74, 6) is 0.425. The molecule has 0 radical (unpaired) electrons. The molecule has 3 N–H and O–H groups in total. The number of anilines is 3. The molecule has 1 aliphatic carbocycles. The summed E-state index contributed by atoms with van der Waals surface area (Å²) in [5.41, 5.74) is 2.85. The molecule has 172 valence electrons. The number of nitrogens with zero attached hydrogens (tertiary/aromatic N) is 1. The van der Waals surface area contributed by atoms with Gasteiger partial charge in [0.15, 0.2) is 0 Å². The van der Waals surface area contributed by atoms with Crippen LogP contribution in [0.4, 0.5) is 26.8 Å². The molecule has 2 aromatic rings. The molecule has 32 heavy (non-hydrogen) atoms. The molecule has 1 unspecified atom stereocenters. The van der Waals surface area contributed by atoms with E-state index in [2.05, 4.69) is 20.9 Å². The first-order chi connectivity index (χ1) is 14.9. The van der Waals surface area contributed by atoms with Gasteiger partial charge in [-0.1, -0.05) is 6.07 Å². The van der Waals surface area contributed by atoms with E-state index in [0.29, 0.717) is 5.82 Å². The van der Waals surface area contributed by atoms with Gasteiger partial charge in [-0.25, -0.2) is 14.6 Å². The molecule has 0 bridgehead atoms. The highest BCUT2D eigenvalue weighted by Gasteiger charge is 2.24. The van der Waals surface area contributed by atoms with Crippen LogP contribution in [0.5, 0.6) is 0 Å². The molecule has 0 aliphatic heterocycles. The number of carbonyl (C=O) groups excluding carboxylic acids is 2. The van der Waals surface area contributed by atoms with E-state index in [4.69, 9.17) is 9.47 Å². The zero-order valence-corrected chi connectivity index (χ0v) is 19.5. The molecule has 1 heterocycles. The van der Waals surface area contributed by atoms with Crippen LogP contribution in [-0.2, 0) is 15.9 Å². The van der Waals surface area contributed by atoms with Crippen molar-refractivity contribution in [2.24, 2.45) is 0 Å². The van der Waals surface area contributed by atoms with Gasteiger partial charge in [-0.05, 0) is 89.8 Å². The van der Waals surface area contributed by atoms with Crippen LogP contribution >= 0.6 is 0 Å². The predicted octanol–water partition coefficient (Wildman–Crippen LogP) is 5.88. The zero-order valence-electron chi connectivity index (χ0n) is 19.5. The number of hydrogen-bond donors (Lipinski definition) is 3. The van der Waals surface area contributed by atoms with Crippen LogP contribution in [0, 0.1) is 0 Å². The minimum atomic E-state index is -0.566. The fourth-order valence-corrected chi connectivity index (χ4v) is 3.43. The molecule has 1 aromatic carbocycles. The van der Waals surface area contributed by atoms with Gasteiger partial charge >= 0.3 is 12.2 Å². The Balaban J connectivity index is 1.59. The molecule has 8 heteroatoms. The van der Waals surface area contributed by atoms with Crippen molar-refractivity contribution in [1.82, 2.24) is 4.98 Å². The van der Waals surface area contributed by atoms with Gasteiger partial charge in [0.25, 0.3) is 0 Å². The third-order valence-electron chi connectivity index (χ3n) is 4.60. The normalized spacial score (nSPS) is 15.5. The molecule has 1 aromatic heterocycles. The average Bonchev–Trinajstić information content (AvgIpc) is 3.02. The Morgan fingerprint density at radius 1 is 0.906 bits per heavy atom. The number of pyridine rings is 1. The number of nitrogens with one attached hydrogen (secondary N) is 3. The third-order valence-corrected chi connectivity index (χ3v) is 4.60. The Labute approximate surface area is 189 Å². The number of fused-ring (bicyclic) bond motifs is 1. The Hall–Kier alpha value is -3.29. The molecule has 0 saturated heterocycles. The van der Waals surface area contributed by atoms with Crippen LogP contribution in [0.2, 0.25) is 0 Å². The van der Waals surface area contributed by atoms with Gasteiger partial charge in [-0.3, -0.25) is 10.6 Å². The van der Waals surface area contributed by atoms with E-state index in [1.165, 1.54) is 11.1 Å². The van der Waals surface area contributed by atoms with Crippen molar-refractivity contribution in [2.75, 3.05) is 16.0 Å². The molecule has 1 aliphatic rings. The van der Waals surface area contributed by atoms with Crippen molar-refractivity contribution in [1.29, 1.82) is 0 Å². The maximum Gasteiger partial charge on any atom is 0.413 e. The topological polar surface area (TPSA) is 102 Å². The number of aromatic nitrogens is 1. The summed E-state index contributed by atoms with van der Waals surface area (Å²) in [6.45, 7) is 10.9. The smallest absolute Gasteiger partial charge is 0.413 e. The van der Waals surface area contributed by atoms with Gasteiger partial charge in [0.05, 0.1) is 17.9 Å². The van der Waals surface area contributed by atoms with Gasteiger partial charge in [-0.2, -0.15) is 0 Å². The summed E-state index contributed by atoms with van der Waals surface area (Å²) in [6, 6.07) is 9.65. The summed E-state index contributed by atoms with van der Waals surface area (Å²) >= 11 is 0. The lowest BCUT2D eigenvalue weighted by molar-refractivity contribution is 0.0624. The highest BCUT2D eigenvalue weighted by Crippen LogP contribution is 2.35. The Kier molecular flexibility index (Phi) is 6.62. The summed E-state index contributed by atoms with van der Waals surface area (Å²) in [5, 5.41) is 8.91. The van der Waals surface area contributed by atoms with Gasteiger partial charge in [0, 0.05) is 5.69 Å². The Bertz CT molecular complexity index is 975. The minimum Gasteiger partial charge on any atom is -0.444 e. The number of aryl methyl sites for hydroxylation is 1. The van der Waals surface area contributed by atoms with Gasteiger partial charge < -0.3 is 14.8 Å². The van der Waals surface area contributed by atoms with Gasteiger partial charge in [-0.15, -0.1) is 0 Å². The summed E-state index contributed by atoms with van der Waals surface area (Å²) in [4.78, 5) is 28.2. The lowest BCUT2D eigenvalue weighted by Crippen LogP contribution is -2.27. The lowest BCUT2D eigenvalue weighted by atomic mass is 10.1. The van der Waals surface area contributed by atoms with Crippen LogP contribution in [0.3, 0.4) is 0 Å². The molecule has 3 rings (SSSR count). The molecule has 0 fully saturated rings. The van der Waals surface area contributed by atoms with Crippen LogP contribution in [0.25, 0.3) is 0 Å². The van der Waals surface area contributed by atoms with E-state index < -0.39 is 23.4 Å². The first-order valence-electron chi connectivity index (χ1n) is 10.7. The van der Waals surface area contributed by atoms with E-state index in [0.717, 1.165) is 24.2 Å². The number of carbonyl (C=O) groups is 2. The van der Waals surface area contributed by atoms with Crippen molar-refractivity contribution < 1.29 is 19.1 Å². The SMILES string of the molecule is CC(C)(C)OC(=O)Nc1ccc2c(c1)CCC2Nc1ccc(NC(=O)OC(C)(C)C)nc1. The number of ether oxygens (including phenoxy) is 2. The zero-order chi connectivity index (χ0) is 23.5. The first kappa shape index (κ1) is 23.4. The lowest BCUT2D eigenvalue weighted by Gasteiger charge is -2.20. The third kappa shape index (κ3) is 6.87. The monoisotopic (exact) mass is 440 g/mol. The van der Waals surface area contributed by atoms with E-state index in [1.54, 1.807) is 12.3 Å². The fourth-order valence-electron chi connectivity index (χ4n) is 3.43. The average molecular weight is 441 g/mol. The maximum absolute atomic E-state index is 12.0. The number of benzene rings is 1. The second kappa shape index (κ2) is 9.06. The van der Waals surface area contributed by atoms with Crippen LogP contribution in [-0.4, -0.2) is 28.4 Å². The van der Waals surface area contributed by atoms with Gasteiger partial charge in [0.1, 0.15) is 17.0 Å². The molecule has 0 saturated carbocycles. The van der Waals surface area contributed by atoms with Crippen LogP contribution in [0.1, 0.15) is 65.1 Å². The highest BCUT2D eigenvalue weighted by molar-refractivity contribution is 5.85. The molecule has 1 atom stereocenters. The minimum absolute atomic E-state index is 0.145. The van der Waals surface area contributed by atoms with Crippen molar-refractivity contribution in [2.45, 2.75) is 71.6 Å². The molecule has 2 amide bonds. The number of hydrogen-bond acceptors (Lipinski definition) is 6. The van der Waals surface area contributed by atoms with E-state index in [9.17, 15) is 9.59 Å². The number of amides is 2. The molecular formula is C24H32N4O4. The maximum atomic E-state index is 12.0. The fraction of sp³-hybridized carbons (Fsp3) is 0.458. The Morgan fingerprint density at radius 3 is 2.12 bits per heavy atom. The van der Waals surface area contributed by atoms with Crippen molar-refractivity contribution in [3.63, 3.8) is 0 Å². The first-order valence-corrected chi connectivity index (χ1v) is 10.7. The molecule has 8 nitrogen and oxygen atoms in total. The molecular weight excluding hydrogens is 408 g/mol. The van der Waals surface area contributed by atoms with Crippen molar-refractivity contribution >= 4 is 29.4 Å². The van der Waals surface area contributed by atoms with Crippen LogP contribution < -0.4 is 16.0 Å². The summed E-state index contributed by atoms with van der Waals surface area (Å²) < 4.78 is 10.6. The molecule has 0 spiro atoms. The van der Waals surface area contributed by atoms with Crippen molar-refractivity contribution in [3.8, 4) is 0 Å². The summed E-state index contributed by atoms with van der Waals surface area (Å²) in [7, 11) is 0. The quantitative estimate of drug-likeness (QED) is 0.549. The van der Waals surface area contributed by atoms with Crippen molar-refractivity contribution in [3.05, 3.63) is 47.7 Å². The predicted molar refractivity (Wildman–Crippen MR) is 125 cm³/mol. The summed E-state index contributed by atoms with van der Waals surface area (Å²) in [6.07, 6.45) is 2.52. The largest absolute Gasteiger partial charge is 0.444 e. The standard InChI is InChI=1S/C24H32N4O4/c1-23(2,3)31-21(29)27-16-8-10-18-15(13-16)7-11-19(18)26-17-9-12-20(25-14-17)28-22(30)32-24(4,5)6/h8-10,12-14,19,26H,7,11H2,1-6H3,(H,27,29)(H,25,28,30).